The van der Waals surface area contributed by atoms with E-state index < -0.39 is 6.04 Å². The maximum atomic E-state index is 13.8. The Morgan fingerprint density at radius 3 is 2.45 bits per heavy atom. The lowest BCUT2D eigenvalue weighted by Gasteiger charge is -2.29. The molecular formula is C29H30N6O5. The predicted molar refractivity (Wildman–Crippen MR) is 150 cm³/mol. The molecule has 5 rings (SSSR count). The van der Waals surface area contributed by atoms with E-state index >= 15 is 0 Å². The summed E-state index contributed by atoms with van der Waals surface area (Å²) in [5, 5.41) is 11.1. The number of ether oxygens (including phenoxy) is 4. The normalized spacial score (nSPS) is 14.2. The molecule has 206 valence electrons. The lowest BCUT2D eigenvalue weighted by atomic mass is 9.94. The molecule has 2 aromatic carbocycles. The minimum atomic E-state index is -0.633. The topological polar surface area (TPSA) is 122 Å². The number of anilines is 2. The number of nitrogens with zero attached hydrogens (tertiary/aromatic N) is 4. The second-order valence-corrected chi connectivity index (χ2v) is 8.91. The fourth-order valence-electron chi connectivity index (χ4n) is 4.58. The van der Waals surface area contributed by atoms with Crippen LogP contribution in [0.1, 0.15) is 25.5 Å². The SMILES string of the molecule is CCOc1ccc(C2C(C(=O)Nc3cccnc3)=C(C)Nc3nc(-c4cc(OC)cc(OC)c4)nn32)cc1OC. The van der Waals surface area contributed by atoms with E-state index in [1.165, 1.54) is 0 Å². The van der Waals surface area contributed by atoms with Crippen molar-refractivity contribution in [3.05, 3.63) is 77.8 Å². The van der Waals surface area contributed by atoms with Crippen molar-refractivity contribution in [2.24, 2.45) is 0 Å². The number of benzene rings is 2. The van der Waals surface area contributed by atoms with E-state index in [1.807, 2.05) is 44.2 Å². The number of rotatable bonds is 9. The monoisotopic (exact) mass is 542 g/mol. The molecule has 1 unspecified atom stereocenters. The van der Waals surface area contributed by atoms with Gasteiger partial charge in [0.25, 0.3) is 5.91 Å². The molecule has 1 aliphatic heterocycles. The second-order valence-electron chi connectivity index (χ2n) is 8.91. The molecule has 11 nitrogen and oxygen atoms in total. The minimum absolute atomic E-state index is 0.304. The van der Waals surface area contributed by atoms with Crippen molar-refractivity contribution in [1.82, 2.24) is 19.7 Å². The second kappa shape index (κ2) is 11.4. The number of carbonyl (C=O) groups is 1. The number of pyridine rings is 1. The Morgan fingerprint density at radius 1 is 1.02 bits per heavy atom. The summed E-state index contributed by atoms with van der Waals surface area (Å²) in [5.74, 6) is 2.97. The van der Waals surface area contributed by atoms with Crippen LogP contribution in [0.3, 0.4) is 0 Å². The van der Waals surface area contributed by atoms with Gasteiger partial charge in [0.15, 0.2) is 17.3 Å². The van der Waals surface area contributed by atoms with Gasteiger partial charge in [0, 0.05) is 23.5 Å². The van der Waals surface area contributed by atoms with Crippen LogP contribution in [0.2, 0.25) is 0 Å². The molecule has 0 radical (unpaired) electrons. The average molecular weight is 543 g/mol. The van der Waals surface area contributed by atoms with Crippen LogP contribution in [0, 0.1) is 0 Å². The van der Waals surface area contributed by atoms with Gasteiger partial charge >= 0.3 is 0 Å². The first-order valence-electron chi connectivity index (χ1n) is 12.7. The standard InChI is InChI=1S/C29H30N6O5/c1-6-40-23-10-9-18(14-24(23)39-5)26-25(28(36)32-20-8-7-11-30-16-20)17(2)31-29-33-27(34-35(26)29)19-12-21(37-3)15-22(13-19)38-4/h7-16,26H,6H2,1-5H3,(H,32,36)(H,31,33,34). The maximum Gasteiger partial charge on any atom is 0.255 e. The van der Waals surface area contributed by atoms with E-state index in [4.69, 9.17) is 29.0 Å². The van der Waals surface area contributed by atoms with Crippen LogP contribution in [-0.2, 0) is 4.79 Å². The fraction of sp³-hybridized carbons (Fsp3) is 0.241. The minimum Gasteiger partial charge on any atom is -0.497 e. The zero-order chi connectivity index (χ0) is 28.2. The van der Waals surface area contributed by atoms with Crippen molar-refractivity contribution in [3.8, 4) is 34.4 Å². The molecule has 1 aliphatic rings. The highest BCUT2D eigenvalue weighted by Gasteiger charge is 2.35. The molecule has 1 atom stereocenters. The van der Waals surface area contributed by atoms with Crippen molar-refractivity contribution in [2.45, 2.75) is 19.9 Å². The van der Waals surface area contributed by atoms with Gasteiger partial charge < -0.3 is 29.6 Å². The van der Waals surface area contributed by atoms with Crippen molar-refractivity contribution < 1.29 is 23.7 Å². The summed E-state index contributed by atoms with van der Waals surface area (Å²) in [6, 6.07) is 13.9. The zero-order valence-electron chi connectivity index (χ0n) is 22.9. The van der Waals surface area contributed by atoms with E-state index in [0.29, 0.717) is 63.9 Å². The van der Waals surface area contributed by atoms with Gasteiger partial charge in [-0.15, -0.1) is 5.10 Å². The highest BCUT2D eigenvalue weighted by molar-refractivity contribution is 6.06. The van der Waals surface area contributed by atoms with E-state index in [-0.39, 0.29) is 5.91 Å². The summed E-state index contributed by atoms with van der Waals surface area (Å²) in [6.45, 7) is 4.23. The van der Waals surface area contributed by atoms with E-state index in [2.05, 4.69) is 15.6 Å². The van der Waals surface area contributed by atoms with Crippen LogP contribution in [-0.4, -0.2) is 53.6 Å². The first-order valence-corrected chi connectivity index (χ1v) is 12.7. The quantitative estimate of drug-likeness (QED) is 0.310. The lowest BCUT2D eigenvalue weighted by molar-refractivity contribution is -0.113. The molecule has 11 heteroatoms. The third-order valence-corrected chi connectivity index (χ3v) is 6.43. The molecule has 1 amide bonds. The average Bonchev–Trinajstić information content (AvgIpc) is 3.40. The Hall–Kier alpha value is -5.06. The summed E-state index contributed by atoms with van der Waals surface area (Å²) in [6.07, 6.45) is 3.24. The molecule has 0 spiro atoms. The van der Waals surface area contributed by atoms with Crippen LogP contribution >= 0.6 is 0 Å². The summed E-state index contributed by atoms with van der Waals surface area (Å²) in [5.41, 5.74) is 3.13. The van der Waals surface area contributed by atoms with Crippen molar-refractivity contribution in [3.63, 3.8) is 0 Å². The van der Waals surface area contributed by atoms with Crippen LogP contribution in [0.25, 0.3) is 11.4 Å². The summed E-state index contributed by atoms with van der Waals surface area (Å²) in [4.78, 5) is 22.6. The Balaban J connectivity index is 1.64. The number of nitrogens with one attached hydrogen (secondary N) is 2. The third kappa shape index (κ3) is 5.13. The molecule has 2 N–H and O–H groups in total. The van der Waals surface area contributed by atoms with Crippen LogP contribution < -0.4 is 29.6 Å². The van der Waals surface area contributed by atoms with Gasteiger partial charge in [-0.05, 0) is 55.8 Å². The number of aromatic nitrogens is 4. The molecule has 0 saturated carbocycles. The lowest BCUT2D eigenvalue weighted by Crippen LogP contribution is -2.31. The molecule has 2 aromatic heterocycles. The smallest absolute Gasteiger partial charge is 0.255 e. The Morgan fingerprint density at radius 2 is 1.80 bits per heavy atom. The molecule has 0 aliphatic carbocycles. The molecule has 0 fully saturated rings. The van der Waals surface area contributed by atoms with E-state index in [9.17, 15) is 4.79 Å². The number of amides is 1. The number of allylic oxidation sites excluding steroid dienone is 1. The highest BCUT2D eigenvalue weighted by atomic mass is 16.5. The number of hydrogen-bond acceptors (Lipinski definition) is 9. The zero-order valence-corrected chi connectivity index (χ0v) is 22.9. The molecule has 0 saturated heterocycles. The van der Waals surface area contributed by atoms with Crippen molar-refractivity contribution in [1.29, 1.82) is 0 Å². The number of fused-ring (bicyclic) bond motifs is 1. The summed E-state index contributed by atoms with van der Waals surface area (Å²) in [7, 11) is 4.75. The fourth-order valence-corrected chi connectivity index (χ4v) is 4.58. The maximum absolute atomic E-state index is 13.8. The molecule has 0 bridgehead atoms. The van der Waals surface area contributed by atoms with Crippen molar-refractivity contribution >= 4 is 17.5 Å². The largest absolute Gasteiger partial charge is 0.497 e. The van der Waals surface area contributed by atoms with Gasteiger partial charge in [-0.2, -0.15) is 4.98 Å². The van der Waals surface area contributed by atoms with Crippen molar-refractivity contribution in [2.75, 3.05) is 38.6 Å². The summed E-state index contributed by atoms with van der Waals surface area (Å²) >= 11 is 0. The Kier molecular flexibility index (Phi) is 7.54. The number of carbonyl (C=O) groups excluding carboxylic acids is 1. The first-order chi connectivity index (χ1) is 19.4. The third-order valence-electron chi connectivity index (χ3n) is 6.43. The van der Waals surface area contributed by atoms with Crippen LogP contribution in [0.15, 0.2) is 72.2 Å². The summed E-state index contributed by atoms with van der Waals surface area (Å²) < 4.78 is 23.9. The number of methoxy groups -OCH3 is 3. The molecular weight excluding hydrogens is 512 g/mol. The van der Waals surface area contributed by atoms with Gasteiger partial charge in [0.1, 0.15) is 17.5 Å². The molecule has 3 heterocycles. The van der Waals surface area contributed by atoms with E-state index in [1.54, 1.807) is 56.6 Å². The van der Waals surface area contributed by atoms with Gasteiger partial charge in [-0.25, -0.2) is 4.68 Å². The molecule has 4 aromatic rings. The van der Waals surface area contributed by atoms with Gasteiger partial charge in [0.05, 0.1) is 45.4 Å². The predicted octanol–water partition coefficient (Wildman–Crippen LogP) is 4.69. The highest BCUT2D eigenvalue weighted by Crippen LogP contribution is 2.40. The van der Waals surface area contributed by atoms with Crippen LogP contribution in [0.4, 0.5) is 11.6 Å². The first kappa shape index (κ1) is 26.5. The van der Waals surface area contributed by atoms with Gasteiger partial charge in [0.2, 0.25) is 5.95 Å². The molecule has 40 heavy (non-hydrogen) atoms. The Labute approximate surface area is 231 Å². The number of hydrogen-bond donors (Lipinski definition) is 2. The van der Waals surface area contributed by atoms with Gasteiger partial charge in [-0.3, -0.25) is 9.78 Å². The Bertz CT molecular complexity index is 1540. The van der Waals surface area contributed by atoms with Gasteiger partial charge in [-0.1, -0.05) is 6.07 Å². The van der Waals surface area contributed by atoms with Crippen LogP contribution in [0.5, 0.6) is 23.0 Å². The van der Waals surface area contributed by atoms with E-state index in [0.717, 1.165) is 5.56 Å².